The normalized spacial score (nSPS) is 15.4. The van der Waals surface area contributed by atoms with E-state index in [4.69, 9.17) is 20.8 Å². The van der Waals surface area contributed by atoms with Gasteiger partial charge in [-0.1, -0.05) is 11.6 Å². The summed E-state index contributed by atoms with van der Waals surface area (Å²) in [5.41, 5.74) is 0.839. The number of benzene rings is 1. The zero-order valence-corrected chi connectivity index (χ0v) is 14.8. The average Bonchev–Trinajstić information content (AvgIpc) is 3.10. The van der Waals surface area contributed by atoms with Crippen molar-refractivity contribution in [1.29, 1.82) is 0 Å². The number of hydrogen-bond donors (Lipinski definition) is 1. The molecule has 1 fully saturated rings. The van der Waals surface area contributed by atoms with Crippen molar-refractivity contribution in [3.63, 3.8) is 0 Å². The molecular weight excluding hydrogens is 344 g/mol. The maximum Gasteiger partial charge on any atom is 0.409 e. The molecule has 0 bridgehead atoms. The maximum absolute atomic E-state index is 11.7. The second kappa shape index (κ2) is 8.31. The number of nitrogens with zero attached hydrogens (tertiary/aromatic N) is 3. The van der Waals surface area contributed by atoms with E-state index in [2.05, 4.69) is 15.5 Å². The molecule has 0 atom stereocenters. The fourth-order valence-electron chi connectivity index (χ4n) is 2.75. The van der Waals surface area contributed by atoms with Crippen LogP contribution in [0.1, 0.15) is 25.7 Å². The summed E-state index contributed by atoms with van der Waals surface area (Å²) in [5, 5.41) is 12.2. The quantitative estimate of drug-likeness (QED) is 0.878. The van der Waals surface area contributed by atoms with Crippen molar-refractivity contribution in [1.82, 2.24) is 20.4 Å². The Morgan fingerprint density at radius 1 is 1.32 bits per heavy atom. The average molecular weight is 365 g/mol. The highest BCUT2D eigenvalue weighted by molar-refractivity contribution is 6.30. The standard InChI is InChI=1S/C17H21ClN4O3/c1-2-24-17(23)22-9-7-14(8-10-22)19-11-15-20-21-16(25-15)12-3-5-13(18)6-4-12/h3-6,14,19H,2,7-11H2,1H3. The van der Waals surface area contributed by atoms with Gasteiger partial charge >= 0.3 is 6.09 Å². The summed E-state index contributed by atoms with van der Waals surface area (Å²) < 4.78 is 10.7. The summed E-state index contributed by atoms with van der Waals surface area (Å²) in [6, 6.07) is 7.58. The van der Waals surface area contributed by atoms with Crippen LogP contribution in [0.4, 0.5) is 4.79 Å². The molecule has 2 aromatic rings. The molecule has 1 aliphatic heterocycles. The van der Waals surface area contributed by atoms with Crippen molar-refractivity contribution in [2.45, 2.75) is 32.4 Å². The molecule has 0 spiro atoms. The Hall–Kier alpha value is -2.12. The first-order valence-electron chi connectivity index (χ1n) is 8.39. The monoisotopic (exact) mass is 364 g/mol. The third kappa shape index (κ3) is 4.70. The molecule has 0 unspecified atom stereocenters. The van der Waals surface area contributed by atoms with Crippen LogP contribution in [0.15, 0.2) is 28.7 Å². The Balaban J connectivity index is 1.47. The molecule has 1 amide bonds. The minimum absolute atomic E-state index is 0.231. The summed E-state index contributed by atoms with van der Waals surface area (Å²) >= 11 is 5.88. The lowest BCUT2D eigenvalue weighted by Crippen LogP contribution is -2.44. The summed E-state index contributed by atoms with van der Waals surface area (Å²) in [6.07, 6.45) is 1.51. The minimum atomic E-state index is -0.231. The van der Waals surface area contributed by atoms with Gasteiger partial charge in [0, 0.05) is 29.7 Å². The van der Waals surface area contributed by atoms with Crippen LogP contribution in [-0.4, -0.2) is 46.9 Å². The lowest BCUT2D eigenvalue weighted by Gasteiger charge is -2.31. The van der Waals surface area contributed by atoms with Crippen LogP contribution in [0.3, 0.4) is 0 Å². The molecule has 1 aliphatic rings. The van der Waals surface area contributed by atoms with Crippen LogP contribution in [0.5, 0.6) is 0 Å². The van der Waals surface area contributed by atoms with Gasteiger partial charge in [0.25, 0.3) is 0 Å². The lowest BCUT2D eigenvalue weighted by atomic mass is 10.1. The van der Waals surface area contributed by atoms with Crippen molar-refractivity contribution < 1.29 is 13.9 Å². The Labute approximate surface area is 151 Å². The number of rotatable bonds is 5. The van der Waals surface area contributed by atoms with Gasteiger partial charge in [0.2, 0.25) is 11.8 Å². The molecule has 1 N–H and O–H groups in total. The number of carbonyl (C=O) groups excluding carboxylic acids is 1. The predicted octanol–water partition coefficient (Wildman–Crippen LogP) is 3.10. The molecule has 8 heteroatoms. The number of aromatic nitrogens is 2. The minimum Gasteiger partial charge on any atom is -0.450 e. The van der Waals surface area contributed by atoms with Gasteiger partial charge in [0.05, 0.1) is 13.2 Å². The predicted molar refractivity (Wildman–Crippen MR) is 93.2 cm³/mol. The molecule has 7 nitrogen and oxygen atoms in total. The summed E-state index contributed by atoms with van der Waals surface area (Å²) in [6.45, 7) is 4.11. The van der Waals surface area contributed by atoms with Crippen molar-refractivity contribution >= 4 is 17.7 Å². The number of amides is 1. The maximum atomic E-state index is 11.7. The SMILES string of the molecule is CCOC(=O)N1CCC(NCc2nnc(-c3ccc(Cl)cc3)o2)CC1. The van der Waals surface area contributed by atoms with E-state index in [1.165, 1.54) is 0 Å². The largest absolute Gasteiger partial charge is 0.450 e. The van der Waals surface area contributed by atoms with E-state index in [9.17, 15) is 4.79 Å². The molecule has 1 aromatic carbocycles. The van der Waals surface area contributed by atoms with Crippen LogP contribution in [0.25, 0.3) is 11.5 Å². The van der Waals surface area contributed by atoms with E-state index in [0.29, 0.717) is 49.1 Å². The van der Waals surface area contributed by atoms with Gasteiger partial charge < -0.3 is 19.4 Å². The highest BCUT2D eigenvalue weighted by Gasteiger charge is 2.23. The molecular formula is C17H21ClN4O3. The van der Waals surface area contributed by atoms with Crippen molar-refractivity contribution in [3.8, 4) is 11.5 Å². The number of ether oxygens (including phenoxy) is 1. The zero-order chi connectivity index (χ0) is 17.6. The van der Waals surface area contributed by atoms with Crippen LogP contribution < -0.4 is 5.32 Å². The first-order chi connectivity index (χ1) is 12.2. The van der Waals surface area contributed by atoms with E-state index >= 15 is 0 Å². The smallest absolute Gasteiger partial charge is 0.409 e. The number of hydrogen-bond acceptors (Lipinski definition) is 6. The Morgan fingerprint density at radius 3 is 2.72 bits per heavy atom. The van der Waals surface area contributed by atoms with E-state index < -0.39 is 0 Å². The van der Waals surface area contributed by atoms with Gasteiger partial charge in [-0.15, -0.1) is 10.2 Å². The molecule has 0 saturated carbocycles. The first kappa shape index (κ1) is 17.7. The summed E-state index contributed by atoms with van der Waals surface area (Å²) in [7, 11) is 0. The van der Waals surface area contributed by atoms with Crippen molar-refractivity contribution in [3.05, 3.63) is 35.2 Å². The third-order valence-corrected chi connectivity index (χ3v) is 4.37. The van der Waals surface area contributed by atoms with Gasteiger partial charge in [-0.25, -0.2) is 4.79 Å². The van der Waals surface area contributed by atoms with Gasteiger partial charge in [-0.3, -0.25) is 0 Å². The summed E-state index contributed by atoms with van der Waals surface area (Å²) in [4.78, 5) is 13.4. The molecule has 2 heterocycles. The van der Waals surface area contributed by atoms with Gasteiger partial charge in [0.15, 0.2) is 0 Å². The van der Waals surface area contributed by atoms with Crippen LogP contribution >= 0.6 is 11.6 Å². The topological polar surface area (TPSA) is 80.5 Å². The lowest BCUT2D eigenvalue weighted by molar-refractivity contribution is 0.0948. The molecule has 3 rings (SSSR count). The number of likely N-dealkylation sites (tertiary alicyclic amines) is 1. The van der Waals surface area contributed by atoms with E-state index in [0.717, 1.165) is 18.4 Å². The number of carbonyl (C=O) groups is 1. The van der Waals surface area contributed by atoms with E-state index in [-0.39, 0.29) is 6.09 Å². The fourth-order valence-corrected chi connectivity index (χ4v) is 2.87. The van der Waals surface area contributed by atoms with E-state index in [1.807, 2.05) is 19.1 Å². The molecule has 134 valence electrons. The fraction of sp³-hybridized carbons (Fsp3) is 0.471. The number of piperidine rings is 1. The van der Waals surface area contributed by atoms with Gasteiger partial charge in [-0.2, -0.15) is 0 Å². The van der Waals surface area contributed by atoms with Crippen molar-refractivity contribution in [2.75, 3.05) is 19.7 Å². The Kier molecular flexibility index (Phi) is 5.88. The second-order valence-electron chi connectivity index (χ2n) is 5.85. The molecule has 25 heavy (non-hydrogen) atoms. The summed E-state index contributed by atoms with van der Waals surface area (Å²) in [5.74, 6) is 1.02. The second-order valence-corrected chi connectivity index (χ2v) is 6.29. The molecule has 1 aromatic heterocycles. The van der Waals surface area contributed by atoms with Crippen LogP contribution in [-0.2, 0) is 11.3 Å². The Bertz CT molecular complexity index is 696. The number of halogens is 1. The highest BCUT2D eigenvalue weighted by Crippen LogP contribution is 2.20. The zero-order valence-electron chi connectivity index (χ0n) is 14.1. The molecule has 0 radical (unpaired) electrons. The van der Waals surface area contributed by atoms with Gasteiger partial charge in [-0.05, 0) is 44.0 Å². The highest BCUT2D eigenvalue weighted by atomic mass is 35.5. The first-order valence-corrected chi connectivity index (χ1v) is 8.77. The Morgan fingerprint density at radius 2 is 2.04 bits per heavy atom. The molecule has 0 aliphatic carbocycles. The molecule has 1 saturated heterocycles. The van der Waals surface area contributed by atoms with Crippen molar-refractivity contribution in [2.24, 2.45) is 0 Å². The van der Waals surface area contributed by atoms with Gasteiger partial charge in [0.1, 0.15) is 0 Å². The third-order valence-electron chi connectivity index (χ3n) is 4.12. The van der Waals surface area contributed by atoms with E-state index in [1.54, 1.807) is 17.0 Å². The van der Waals surface area contributed by atoms with Crippen LogP contribution in [0.2, 0.25) is 5.02 Å². The number of nitrogens with one attached hydrogen (secondary N) is 1. The van der Waals surface area contributed by atoms with Crippen LogP contribution in [0, 0.1) is 0 Å².